The van der Waals surface area contributed by atoms with Crippen LogP contribution in [0.2, 0.25) is 10.0 Å². The fourth-order valence-electron chi connectivity index (χ4n) is 6.68. The molecule has 11 heteroatoms. The number of anilines is 1. The molecular weight excluding hydrogens is 604 g/mol. The lowest BCUT2D eigenvalue weighted by Crippen LogP contribution is -2.60. The second kappa shape index (κ2) is 12.4. The van der Waals surface area contributed by atoms with E-state index in [1.54, 1.807) is 6.07 Å². The summed E-state index contributed by atoms with van der Waals surface area (Å²) < 4.78 is 25.3. The molecule has 4 aliphatic rings. The van der Waals surface area contributed by atoms with Crippen LogP contribution in [0.1, 0.15) is 49.5 Å². The van der Waals surface area contributed by atoms with Gasteiger partial charge >= 0.3 is 0 Å². The normalized spacial score (nSPS) is 23.3. The van der Waals surface area contributed by atoms with Crippen molar-refractivity contribution in [3.63, 3.8) is 0 Å². The molecule has 3 atom stereocenters. The van der Waals surface area contributed by atoms with Crippen molar-refractivity contribution in [1.29, 1.82) is 0 Å². The van der Waals surface area contributed by atoms with Gasteiger partial charge in [0.2, 0.25) is 5.82 Å². The Morgan fingerprint density at radius 2 is 1.98 bits per heavy atom. The minimum absolute atomic E-state index is 0.0583. The average molecular weight is 641 g/mol. The summed E-state index contributed by atoms with van der Waals surface area (Å²) in [5.74, 6) is -0.291. The number of amides is 1. The lowest BCUT2D eigenvalue weighted by atomic mass is 9.83. The SMILES string of the molecule is CCc1onc(O[C@@H]2CCN(c3ccc(C4=C(C(=O)N(Cc5cccc(Cl)c5Cl)C5CC5)[C@H]5CNC[C@@H](C4)N5)cc3)C2)c1F. The zero-order valence-corrected chi connectivity index (χ0v) is 26.1. The zero-order valence-electron chi connectivity index (χ0n) is 24.6. The Morgan fingerprint density at radius 3 is 2.73 bits per heavy atom. The molecular formula is C33H36Cl2FN5O3. The van der Waals surface area contributed by atoms with Crippen LogP contribution >= 0.6 is 23.2 Å². The Labute approximate surface area is 266 Å². The van der Waals surface area contributed by atoms with Crippen molar-refractivity contribution in [2.45, 2.75) is 69.8 Å². The van der Waals surface area contributed by atoms with E-state index >= 15 is 0 Å². The van der Waals surface area contributed by atoms with E-state index in [2.05, 4.69) is 45.0 Å². The van der Waals surface area contributed by atoms with Gasteiger partial charge in [0.15, 0.2) is 5.76 Å². The average Bonchev–Trinajstić information content (AvgIpc) is 3.67. The molecule has 8 nitrogen and oxygen atoms in total. The molecule has 2 bridgehead atoms. The number of aromatic nitrogens is 1. The summed E-state index contributed by atoms with van der Waals surface area (Å²) in [7, 11) is 0. The number of rotatable bonds is 9. The van der Waals surface area contributed by atoms with Crippen molar-refractivity contribution < 1.29 is 18.4 Å². The van der Waals surface area contributed by atoms with Crippen molar-refractivity contribution in [2.75, 3.05) is 31.1 Å². The number of ether oxygens (including phenoxy) is 1. The Bertz CT molecular complexity index is 1570. The highest BCUT2D eigenvalue weighted by Gasteiger charge is 2.41. The maximum atomic E-state index is 14.4. The second-order valence-electron chi connectivity index (χ2n) is 12.1. The first-order valence-corrected chi connectivity index (χ1v) is 16.2. The number of aryl methyl sites for hydroxylation is 1. The van der Waals surface area contributed by atoms with Gasteiger partial charge in [-0.15, -0.1) is 0 Å². The van der Waals surface area contributed by atoms with Gasteiger partial charge in [-0.05, 0) is 59.3 Å². The van der Waals surface area contributed by atoms with E-state index in [9.17, 15) is 9.18 Å². The fourth-order valence-corrected chi connectivity index (χ4v) is 7.06. The Morgan fingerprint density at radius 1 is 1.16 bits per heavy atom. The van der Waals surface area contributed by atoms with Gasteiger partial charge in [-0.1, -0.05) is 54.4 Å². The summed E-state index contributed by atoms with van der Waals surface area (Å²) in [5, 5.41) is 12.0. The van der Waals surface area contributed by atoms with Crippen LogP contribution in [0.15, 0.2) is 52.6 Å². The number of nitrogens with zero attached hydrogens (tertiary/aromatic N) is 3. The highest BCUT2D eigenvalue weighted by atomic mass is 35.5. The standard InChI is InChI=1S/C33H36Cl2FN5O3/c1-2-28-31(36)32(39-44-28)43-24-12-13-40(18-24)22-8-6-19(7-9-22)25-14-21-15-37-16-27(38-21)29(25)33(42)41(23-10-11-23)17-20-4-3-5-26(34)30(20)35/h3-9,21,23-24,27,37-38H,2,10-18H2,1H3/t21-,24-,27-/m1/s1. The summed E-state index contributed by atoms with van der Waals surface area (Å²) in [4.78, 5) is 18.7. The van der Waals surface area contributed by atoms with Gasteiger partial charge < -0.3 is 29.7 Å². The minimum atomic E-state index is -0.508. The first-order valence-electron chi connectivity index (χ1n) is 15.5. The molecule has 0 unspecified atom stereocenters. The molecule has 1 aliphatic carbocycles. The molecule has 1 aromatic heterocycles. The van der Waals surface area contributed by atoms with Crippen LogP contribution in [-0.4, -0.2) is 66.4 Å². The van der Waals surface area contributed by atoms with Crippen molar-refractivity contribution in [2.24, 2.45) is 0 Å². The number of halogens is 3. The molecule has 1 amide bonds. The second-order valence-corrected chi connectivity index (χ2v) is 12.9. The smallest absolute Gasteiger partial charge is 0.291 e. The van der Waals surface area contributed by atoms with Crippen LogP contribution in [0.4, 0.5) is 10.1 Å². The molecule has 232 valence electrons. The lowest BCUT2D eigenvalue weighted by Gasteiger charge is -2.41. The summed E-state index contributed by atoms with van der Waals surface area (Å²) in [6, 6.07) is 14.5. The van der Waals surface area contributed by atoms with Gasteiger partial charge in [0, 0.05) is 62.4 Å². The molecule has 3 aromatic rings. The van der Waals surface area contributed by atoms with Gasteiger partial charge in [-0.3, -0.25) is 4.79 Å². The number of nitrogens with one attached hydrogen (secondary N) is 2. The molecule has 7 rings (SSSR count). The number of carbonyl (C=O) groups excluding carboxylic acids is 1. The van der Waals surface area contributed by atoms with Crippen molar-refractivity contribution in [3.05, 3.63) is 80.8 Å². The van der Waals surface area contributed by atoms with Crippen molar-refractivity contribution >= 4 is 40.4 Å². The Balaban J connectivity index is 1.13. The first kappa shape index (κ1) is 29.6. The largest absolute Gasteiger partial charge is 0.468 e. The van der Waals surface area contributed by atoms with Gasteiger partial charge in [-0.2, -0.15) is 4.39 Å². The fraction of sp³-hybridized carbons (Fsp3) is 0.455. The van der Waals surface area contributed by atoms with E-state index in [1.807, 2.05) is 24.0 Å². The van der Waals surface area contributed by atoms with Gasteiger partial charge in [0.05, 0.1) is 22.6 Å². The quantitative estimate of drug-likeness (QED) is 0.314. The molecule has 0 spiro atoms. The van der Waals surface area contributed by atoms with Crippen LogP contribution in [-0.2, 0) is 17.8 Å². The first-order chi connectivity index (χ1) is 21.4. The van der Waals surface area contributed by atoms with E-state index in [0.29, 0.717) is 36.1 Å². The number of carbonyl (C=O) groups is 1. The van der Waals surface area contributed by atoms with Crippen LogP contribution < -0.4 is 20.3 Å². The van der Waals surface area contributed by atoms with E-state index in [4.69, 9.17) is 32.5 Å². The molecule has 0 radical (unpaired) electrons. The monoisotopic (exact) mass is 639 g/mol. The van der Waals surface area contributed by atoms with Crippen LogP contribution in [0.5, 0.6) is 5.88 Å². The maximum Gasteiger partial charge on any atom is 0.291 e. The summed E-state index contributed by atoms with van der Waals surface area (Å²) in [6.45, 7) is 5.23. The van der Waals surface area contributed by atoms with Crippen LogP contribution in [0.3, 0.4) is 0 Å². The maximum absolute atomic E-state index is 14.4. The molecule has 1 saturated carbocycles. The molecule has 2 saturated heterocycles. The Hall–Kier alpha value is -3.11. The van der Waals surface area contributed by atoms with E-state index in [-0.39, 0.29) is 41.8 Å². The number of benzene rings is 2. The number of fused-ring (bicyclic) bond motifs is 2. The van der Waals surface area contributed by atoms with Crippen LogP contribution in [0, 0.1) is 5.82 Å². The molecule has 3 fully saturated rings. The summed E-state index contributed by atoms with van der Waals surface area (Å²) >= 11 is 12.9. The highest BCUT2D eigenvalue weighted by Crippen LogP contribution is 2.38. The predicted molar refractivity (Wildman–Crippen MR) is 169 cm³/mol. The third-order valence-corrected chi connectivity index (χ3v) is 10.0. The van der Waals surface area contributed by atoms with Gasteiger partial charge in [0.25, 0.3) is 11.8 Å². The van der Waals surface area contributed by atoms with E-state index < -0.39 is 5.82 Å². The topological polar surface area (TPSA) is 82.9 Å². The third-order valence-electron chi connectivity index (χ3n) is 9.15. The molecule has 44 heavy (non-hydrogen) atoms. The molecule has 2 N–H and O–H groups in total. The highest BCUT2D eigenvalue weighted by molar-refractivity contribution is 6.42. The lowest BCUT2D eigenvalue weighted by molar-refractivity contribution is -0.128. The van der Waals surface area contributed by atoms with Gasteiger partial charge in [0.1, 0.15) is 6.10 Å². The third kappa shape index (κ3) is 5.83. The number of hydrogen-bond donors (Lipinski definition) is 2. The predicted octanol–water partition coefficient (Wildman–Crippen LogP) is 5.62. The van der Waals surface area contributed by atoms with Crippen molar-refractivity contribution in [1.82, 2.24) is 20.7 Å². The number of piperazine rings is 1. The van der Waals surface area contributed by atoms with Gasteiger partial charge in [-0.25, -0.2) is 0 Å². The summed E-state index contributed by atoms with van der Waals surface area (Å²) in [6.07, 6.45) is 3.76. The van der Waals surface area contributed by atoms with E-state index in [1.165, 1.54) is 0 Å². The molecule has 4 heterocycles. The van der Waals surface area contributed by atoms with E-state index in [0.717, 1.165) is 66.7 Å². The van der Waals surface area contributed by atoms with Crippen LogP contribution in [0.25, 0.3) is 5.57 Å². The summed E-state index contributed by atoms with van der Waals surface area (Å²) in [5.41, 5.74) is 4.93. The number of hydrogen-bond acceptors (Lipinski definition) is 7. The Kier molecular flexibility index (Phi) is 8.31. The minimum Gasteiger partial charge on any atom is -0.468 e. The molecule has 2 aromatic carbocycles. The zero-order chi connectivity index (χ0) is 30.4. The molecule has 3 aliphatic heterocycles. The van der Waals surface area contributed by atoms with Crippen molar-refractivity contribution in [3.8, 4) is 5.88 Å².